The molecular weight excluding hydrogens is 350 g/mol. The maximum Gasteiger partial charge on any atom is 0.230 e. The average Bonchev–Trinajstić information content (AvgIpc) is 2.67. The molecule has 1 N–H and O–H groups in total. The smallest absolute Gasteiger partial charge is 0.230 e. The Bertz CT molecular complexity index is 751. The highest BCUT2D eigenvalue weighted by Crippen LogP contribution is 2.28. The van der Waals surface area contributed by atoms with Crippen molar-refractivity contribution in [1.82, 2.24) is 5.32 Å². The Kier molecular flexibility index (Phi) is 7.05. The van der Waals surface area contributed by atoms with Crippen LogP contribution in [-0.2, 0) is 22.4 Å². The van der Waals surface area contributed by atoms with E-state index < -0.39 is 11.8 Å². The monoisotopic (exact) mass is 373 g/mol. The molecule has 0 aliphatic rings. The van der Waals surface area contributed by atoms with Crippen molar-refractivity contribution in [2.75, 3.05) is 28.4 Å². The molecular formula is C20H23NO6. The number of hydrogen-bond acceptors (Lipinski definition) is 6. The number of methoxy groups -OCH3 is 4. The van der Waals surface area contributed by atoms with Gasteiger partial charge in [-0.3, -0.25) is 14.9 Å². The zero-order valence-corrected chi connectivity index (χ0v) is 15.8. The largest absolute Gasteiger partial charge is 0.493 e. The number of benzene rings is 2. The fourth-order valence-corrected chi connectivity index (χ4v) is 2.60. The van der Waals surface area contributed by atoms with E-state index in [4.69, 9.17) is 18.9 Å². The van der Waals surface area contributed by atoms with Crippen LogP contribution < -0.4 is 24.3 Å². The van der Waals surface area contributed by atoms with E-state index in [2.05, 4.69) is 5.32 Å². The quantitative estimate of drug-likeness (QED) is 0.763. The van der Waals surface area contributed by atoms with Gasteiger partial charge in [0.2, 0.25) is 11.8 Å². The average molecular weight is 373 g/mol. The summed E-state index contributed by atoms with van der Waals surface area (Å²) in [6.45, 7) is 0. The van der Waals surface area contributed by atoms with E-state index in [-0.39, 0.29) is 12.8 Å². The molecule has 0 spiro atoms. The molecule has 144 valence electrons. The first-order valence-electron chi connectivity index (χ1n) is 8.25. The Morgan fingerprint density at radius 1 is 0.667 bits per heavy atom. The first kappa shape index (κ1) is 20.1. The van der Waals surface area contributed by atoms with Crippen molar-refractivity contribution in [1.29, 1.82) is 0 Å². The highest BCUT2D eigenvalue weighted by atomic mass is 16.5. The van der Waals surface area contributed by atoms with Crippen molar-refractivity contribution in [2.24, 2.45) is 0 Å². The Labute approximate surface area is 158 Å². The minimum absolute atomic E-state index is 0.0536. The molecule has 27 heavy (non-hydrogen) atoms. The van der Waals surface area contributed by atoms with Crippen molar-refractivity contribution >= 4 is 11.8 Å². The van der Waals surface area contributed by atoms with Crippen LogP contribution in [0.3, 0.4) is 0 Å². The van der Waals surface area contributed by atoms with Gasteiger partial charge in [-0.2, -0.15) is 0 Å². The van der Waals surface area contributed by atoms with Gasteiger partial charge in [-0.25, -0.2) is 0 Å². The predicted molar refractivity (Wildman–Crippen MR) is 99.6 cm³/mol. The van der Waals surface area contributed by atoms with E-state index in [0.29, 0.717) is 34.1 Å². The number of nitrogens with one attached hydrogen (secondary N) is 1. The predicted octanol–water partition coefficient (Wildman–Crippen LogP) is 2.15. The molecule has 7 nitrogen and oxygen atoms in total. The van der Waals surface area contributed by atoms with Crippen molar-refractivity contribution < 1.29 is 28.5 Å². The SMILES string of the molecule is COc1ccc(CC(=O)NC(=O)Cc2ccc(OC)c(OC)c2)cc1OC. The topological polar surface area (TPSA) is 83.1 Å². The van der Waals surface area contributed by atoms with E-state index in [1.165, 1.54) is 28.4 Å². The van der Waals surface area contributed by atoms with E-state index in [0.717, 1.165) is 0 Å². The standard InChI is InChI=1S/C20H23NO6/c1-24-15-7-5-13(9-17(15)26-3)11-19(22)21-20(23)12-14-6-8-16(25-2)18(10-14)27-4/h5-10H,11-12H2,1-4H3,(H,21,22,23). The van der Waals surface area contributed by atoms with Crippen molar-refractivity contribution in [3.63, 3.8) is 0 Å². The molecule has 2 rings (SSSR count). The molecule has 2 amide bonds. The van der Waals surface area contributed by atoms with Crippen LogP contribution in [0.5, 0.6) is 23.0 Å². The van der Waals surface area contributed by atoms with Gasteiger partial charge in [-0.05, 0) is 35.4 Å². The molecule has 2 aromatic carbocycles. The zero-order chi connectivity index (χ0) is 19.8. The summed E-state index contributed by atoms with van der Waals surface area (Å²) >= 11 is 0. The maximum atomic E-state index is 12.1. The molecule has 0 saturated heterocycles. The van der Waals surface area contributed by atoms with Gasteiger partial charge >= 0.3 is 0 Å². The van der Waals surface area contributed by atoms with E-state index in [1.54, 1.807) is 36.4 Å². The lowest BCUT2D eigenvalue weighted by molar-refractivity contribution is -0.129. The third kappa shape index (κ3) is 5.37. The highest BCUT2D eigenvalue weighted by Gasteiger charge is 2.13. The molecule has 0 unspecified atom stereocenters. The Balaban J connectivity index is 1.97. The minimum atomic E-state index is -0.396. The van der Waals surface area contributed by atoms with Gasteiger partial charge in [0.05, 0.1) is 41.3 Å². The summed E-state index contributed by atoms with van der Waals surface area (Å²) in [5.41, 5.74) is 1.42. The minimum Gasteiger partial charge on any atom is -0.493 e. The van der Waals surface area contributed by atoms with Crippen LogP contribution in [-0.4, -0.2) is 40.3 Å². The normalized spacial score (nSPS) is 10.1. The number of hydrogen-bond donors (Lipinski definition) is 1. The van der Waals surface area contributed by atoms with Crippen molar-refractivity contribution in [2.45, 2.75) is 12.8 Å². The van der Waals surface area contributed by atoms with Gasteiger partial charge in [-0.15, -0.1) is 0 Å². The first-order chi connectivity index (χ1) is 13.0. The Hall–Kier alpha value is -3.22. The molecule has 0 aromatic heterocycles. The van der Waals surface area contributed by atoms with E-state index in [9.17, 15) is 9.59 Å². The van der Waals surface area contributed by atoms with Gasteiger partial charge in [0.1, 0.15) is 0 Å². The summed E-state index contributed by atoms with van der Waals surface area (Å²) in [5, 5.41) is 2.39. The van der Waals surface area contributed by atoms with Gasteiger partial charge in [-0.1, -0.05) is 12.1 Å². The number of rotatable bonds is 8. The fraction of sp³-hybridized carbons (Fsp3) is 0.300. The summed E-state index contributed by atoms with van der Waals surface area (Å²) in [7, 11) is 6.12. The fourth-order valence-electron chi connectivity index (χ4n) is 2.60. The van der Waals surface area contributed by atoms with Gasteiger partial charge in [0.15, 0.2) is 23.0 Å². The second kappa shape index (κ2) is 9.47. The molecule has 0 aliphatic carbocycles. The van der Waals surface area contributed by atoms with Crippen molar-refractivity contribution in [3.8, 4) is 23.0 Å². The van der Waals surface area contributed by atoms with Gasteiger partial charge < -0.3 is 18.9 Å². The molecule has 0 aliphatic heterocycles. The lowest BCUT2D eigenvalue weighted by Crippen LogP contribution is -2.32. The molecule has 0 atom stereocenters. The molecule has 0 fully saturated rings. The second-order valence-electron chi connectivity index (χ2n) is 5.70. The zero-order valence-electron chi connectivity index (χ0n) is 15.8. The van der Waals surface area contributed by atoms with Gasteiger partial charge in [0.25, 0.3) is 0 Å². The summed E-state index contributed by atoms with van der Waals surface area (Å²) in [6.07, 6.45) is 0.107. The molecule has 0 bridgehead atoms. The lowest BCUT2D eigenvalue weighted by Gasteiger charge is -2.10. The summed E-state index contributed by atoms with van der Waals surface area (Å²) < 4.78 is 20.8. The summed E-state index contributed by atoms with van der Waals surface area (Å²) in [5.74, 6) is 1.41. The Morgan fingerprint density at radius 3 is 1.37 bits per heavy atom. The second-order valence-corrected chi connectivity index (χ2v) is 5.70. The molecule has 7 heteroatoms. The molecule has 0 heterocycles. The molecule has 2 aromatic rings. The van der Waals surface area contributed by atoms with E-state index in [1.807, 2.05) is 0 Å². The van der Waals surface area contributed by atoms with Crippen LogP contribution in [0.25, 0.3) is 0 Å². The third-order valence-electron chi connectivity index (χ3n) is 3.90. The van der Waals surface area contributed by atoms with Crippen LogP contribution in [0.1, 0.15) is 11.1 Å². The number of carbonyl (C=O) groups is 2. The third-order valence-corrected chi connectivity index (χ3v) is 3.90. The highest BCUT2D eigenvalue weighted by molar-refractivity contribution is 5.97. The van der Waals surface area contributed by atoms with Crippen LogP contribution in [0.4, 0.5) is 0 Å². The number of ether oxygens (including phenoxy) is 4. The number of carbonyl (C=O) groups excluding carboxylic acids is 2. The van der Waals surface area contributed by atoms with E-state index >= 15 is 0 Å². The Morgan fingerprint density at radius 2 is 1.04 bits per heavy atom. The maximum absolute atomic E-state index is 12.1. The summed E-state index contributed by atoms with van der Waals surface area (Å²) in [4.78, 5) is 24.3. The molecule has 0 saturated carbocycles. The first-order valence-corrected chi connectivity index (χ1v) is 8.25. The number of amides is 2. The lowest BCUT2D eigenvalue weighted by atomic mass is 10.1. The van der Waals surface area contributed by atoms with Gasteiger partial charge in [0, 0.05) is 0 Å². The van der Waals surface area contributed by atoms with Crippen LogP contribution in [0.15, 0.2) is 36.4 Å². The number of imide groups is 1. The van der Waals surface area contributed by atoms with Crippen LogP contribution >= 0.6 is 0 Å². The molecule has 0 radical (unpaired) electrons. The van der Waals surface area contributed by atoms with Crippen molar-refractivity contribution in [3.05, 3.63) is 47.5 Å². The van der Waals surface area contributed by atoms with Crippen LogP contribution in [0, 0.1) is 0 Å². The summed E-state index contributed by atoms with van der Waals surface area (Å²) in [6, 6.07) is 10.3. The van der Waals surface area contributed by atoms with Crippen LogP contribution in [0.2, 0.25) is 0 Å².